The first-order valence-electron chi connectivity index (χ1n) is 5.99. The zero-order chi connectivity index (χ0) is 12.8. The minimum Gasteiger partial charge on any atom is -0.480 e. The zero-order valence-corrected chi connectivity index (χ0v) is 10.8. The maximum Gasteiger partial charge on any atom is 0.317 e. The molecule has 1 heterocycles. The molecular weight excluding hydrogens is 218 g/mol. The average molecular weight is 239 g/mol. The van der Waals surface area contributed by atoms with Crippen molar-refractivity contribution < 1.29 is 9.90 Å². The maximum atomic E-state index is 10.8. The number of aromatic nitrogens is 2. The summed E-state index contributed by atoms with van der Waals surface area (Å²) in [4.78, 5) is 16.8. The number of hydrogen-bond acceptors (Lipinski definition) is 3. The van der Waals surface area contributed by atoms with Crippen LogP contribution < -0.4 is 0 Å². The molecular formula is C12H21N3O2. The number of imidazole rings is 1. The number of nitrogens with zero attached hydrogens (tertiary/aromatic N) is 3. The third-order valence-electron chi connectivity index (χ3n) is 2.59. The lowest BCUT2D eigenvalue weighted by molar-refractivity contribution is -0.138. The van der Waals surface area contributed by atoms with E-state index in [1.54, 1.807) is 6.33 Å². The van der Waals surface area contributed by atoms with Gasteiger partial charge < -0.3 is 9.67 Å². The zero-order valence-electron chi connectivity index (χ0n) is 10.8. The summed E-state index contributed by atoms with van der Waals surface area (Å²) in [5.74, 6) is -0.783. The van der Waals surface area contributed by atoms with Crippen LogP contribution >= 0.6 is 0 Å². The normalized spacial score (nSPS) is 11.4. The molecule has 96 valence electrons. The molecule has 0 amide bonds. The third kappa shape index (κ3) is 4.19. The second-order valence-electron chi connectivity index (χ2n) is 4.49. The predicted octanol–water partition coefficient (Wildman–Crippen LogP) is 1.76. The standard InChI is InChI=1S/C12H21N3O2/c1-4-5-14(8-12(16)17)7-11-6-13-9-15(11)10(2)3/h6,9-10H,4-5,7-8H2,1-3H3,(H,16,17). The highest BCUT2D eigenvalue weighted by Gasteiger charge is 2.13. The molecule has 0 saturated carbocycles. The Morgan fingerprint density at radius 2 is 2.29 bits per heavy atom. The Hall–Kier alpha value is -1.36. The first-order valence-corrected chi connectivity index (χ1v) is 5.99. The molecule has 0 spiro atoms. The summed E-state index contributed by atoms with van der Waals surface area (Å²) in [6.07, 6.45) is 4.55. The summed E-state index contributed by atoms with van der Waals surface area (Å²) in [7, 11) is 0. The lowest BCUT2D eigenvalue weighted by Crippen LogP contribution is -2.31. The molecule has 0 bridgehead atoms. The number of rotatable bonds is 7. The molecule has 1 rings (SSSR count). The Morgan fingerprint density at radius 1 is 1.59 bits per heavy atom. The number of carboxylic acid groups (broad SMARTS) is 1. The minimum absolute atomic E-state index is 0.0805. The Bertz CT molecular complexity index is 360. The first-order chi connectivity index (χ1) is 8.04. The van der Waals surface area contributed by atoms with Crippen molar-refractivity contribution in [3.63, 3.8) is 0 Å². The van der Waals surface area contributed by atoms with Gasteiger partial charge in [0.05, 0.1) is 18.6 Å². The number of carboxylic acids is 1. The molecule has 1 aromatic heterocycles. The summed E-state index contributed by atoms with van der Waals surface area (Å²) >= 11 is 0. The van der Waals surface area contributed by atoms with E-state index in [1.165, 1.54) is 0 Å². The van der Waals surface area contributed by atoms with Gasteiger partial charge in [0.15, 0.2) is 0 Å². The molecule has 5 heteroatoms. The largest absolute Gasteiger partial charge is 0.480 e. The monoisotopic (exact) mass is 239 g/mol. The molecule has 0 aliphatic heterocycles. The molecule has 5 nitrogen and oxygen atoms in total. The van der Waals surface area contributed by atoms with Crippen LogP contribution in [0, 0.1) is 0 Å². The SMILES string of the molecule is CCCN(CC(=O)O)Cc1cncn1C(C)C. The Morgan fingerprint density at radius 3 is 2.82 bits per heavy atom. The van der Waals surface area contributed by atoms with Crippen LogP contribution in [0.25, 0.3) is 0 Å². The van der Waals surface area contributed by atoms with Crippen molar-refractivity contribution in [1.82, 2.24) is 14.5 Å². The molecule has 0 atom stereocenters. The molecule has 0 unspecified atom stereocenters. The fourth-order valence-electron chi connectivity index (χ4n) is 1.87. The van der Waals surface area contributed by atoms with Crippen LogP contribution in [0.5, 0.6) is 0 Å². The first kappa shape index (κ1) is 13.7. The van der Waals surface area contributed by atoms with E-state index < -0.39 is 5.97 Å². The summed E-state index contributed by atoms with van der Waals surface area (Å²) in [5, 5.41) is 8.85. The van der Waals surface area contributed by atoms with Crippen molar-refractivity contribution in [2.45, 2.75) is 39.8 Å². The van der Waals surface area contributed by atoms with Gasteiger partial charge in [-0.05, 0) is 26.8 Å². The van der Waals surface area contributed by atoms with Crippen molar-refractivity contribution in [3.8, 4) is 0 Å². The van der Waals surface area contributed by atoms with Gasteiger partial charge >= 0.3 is 5.97 Å². The van der Waals surface area contributed by atoms with Crippen molar-refractivity contribution in [2.75, 3.05) is 13.1 Å². The van der Waals surface area contributed by atoms with Crippen LogP contribution in [0.15, 0.2) is 12.5 Å². The molecule has 0 aromatic carbocycles. The second-order valence-corrected chi connectivity index (χ2v) is 4.49. The Balaban J connectivity index is 2.71. The maximum absolute atomic E-state index is 10.8. The molecule has 0 aliphatic carbocycles. The number of hydrogen-bond donors (Lipinski definition) is 1. The molecule has 0 aliphatic rings. The molecule has 0 saturated heterocycles. The van der Waals surface area contributed by atoms with Crippen LogP contribution in [0.4, 0.5) is 0 Å². The highest BCUT2D eigenvalue weighted by molar-refractivity contribution is 5.69. The van der Waals surface area contributed by atoms with E-state index in [9.17, 15) is 4.79 Å². The van der Waals surface area contributed by atoms with Crippen LogP contribution in [0.1, 0.15) is 38.9 Å². The van der Waals surface area contributed by atoms with Crippen molar-refractivity contribution in [2.24, 2.45) is 0 Å². The fourth-order valence-corrected chi connectivity index (χ4v) is 1.87. The quantitative estimate of drug-likeness (QED) is 0.787. The molecule has 17 heavy (non-hydrogen) atoms. The Labute approximate surface area is 102 Å². The van der Waals surface area contributed by atoms with Gasteiger partial charge in [-0.25, -0.2) is 4.98 Å². The Kier molecular flexibility index (Phi) is 5.15. The second kappa shape index (κ2) is 6.39. The van der Waals surface area contributed by atoms with Gasteiger partial charge in [-0.2, -0.15) is 0 Å². The lowest BCUT2D eigenvalue weighted by Gasteiger charge is -2.21. The fraction of sp³-hybridized carbons (Fsp3) is 0.667. The van der Waals surface area contributed by atoms with Gasteiger partial charge in [-0.1, -0.05) is 6.92 Å². The molecule has 0 radical (unpaired) electrons. The van der Waals surface area contributed by atoms with Crippen LogP contribution in [0.2, 0.25) is 0 Å². The van der Waals surface area contributed by atoms with E-state index in [2.05, 4.69) is 30.3 Å². The molecule has 1 aromatic rings. The van der Waals surface area contributed by atoms with E-state index in [0.29, 0.717) is 12.6 Å². The van der Waals surface area contributed by atoms with Gasteiger partial charge in [0.25, 0.3) is 0 Å². The topological polar surface area (TPSA) is 58.4 Å². The van der Waals surface area contributed by atoms with E-state index in [1.807, 2.05) is 11.1 Å². The van der Waals surface area contributed by atoms with E-state index >= 15 is 0 Å². The van der Waals surface area contributed by atoms with Gasteiger partial charge in [-0.3, -0.25) is 9.69 Å². The van der Waals surface area contributed by atoms with Crippen LogP contribution in [0.3, 0.4) is 0 Å². The average Bonchev–Trinajstić information content (AvgIpc) is 2.65. The summed E-state index contributed by atoms with van der Waals surface area (Å²) < 4.78 is 2.07. The lowest BCUT2D eigenvalue weighted by atomic mass is 10.3. The van der Waals surface area contributed by atoms with Gasteiger partial charge in [0.1, 0.15) is 0 Å². The third-order valence-corrected chi connectivity index (χ3v) is 2.59. The van der Waals surface area contributed by atoms with Crippen molar-refractivity contribution in [3.05, 3.63) is 18.2 Å². The number of aliphatic carboxylic acids is 1. The summed E-state index contributed by atoms with van der Waals surface area (Å²) in [6.45, 7) is 7.73. The van der Waals surface area contributed by atoms with Crippen LogP contribution in [-0.4, -0.2) is 38.6 Å². The van der Waals surface area contributed by atoms with Crippen LogP contribution in [-0.2, 0) is 11.3 Å². The predicted molar refractivity (Wildman–Crippen MR) is 65.8 cm³/mol. The van der Waals surface area contributed by atoms with Crippen molar-refractivity contribution in [1.29, 1.82) is 0 Å². The van der Waals surface area contributed by atoms with Crippen molar-refractivity contribution >= 4 is 5.97 Å². The van der Waals surface area contributed by atoms with Gasteiger partial charge in [0, 0.05) is 18.8 Å². The highest BCUT2D eigenvalue weighted by Crippen LogP contribution is 2.11. The summed E-state index contributed by atoms with van der Waals surface area (Å²) in [6, 6.07) is 0.348. The van der Waals surface area contributed by atoms with Gasteiger partial charge in [-0.15, -0.1) is 0 Å². The minimum atomic E-state index is -0.783. The van der Waals surface area contributed by atoms with Gasteiger partial charge in [0.2, 0.25) is 0 Å². The summed E-state index contributed by atoms with van der Waals surface area (Å²) in [5.41, 5.74) is 1.06. The number of carbonyl (C=O) groups is 1. The highest BCUT2D eigenvalue weighted by atomic mass is 16.4. The molecule has 1 N–H and O–H groups in total. The van der Waals surface area contributed by atoms with E-state index in [0.717, 1.165) is 18.7 Å². The smallest absolute Gasteiger partial charge is 0.317 e. The van der Waals surface area contributed by atoms with E-state index in [-0.39, 0.29) is 6.54 Å². The molecule has 0 fully saturated rings. The van der Waals surface area contributed by atoms with E-state index in [4.69, 9.17) is 5.11 Å².